The summed E-state index contributed by atoms with van der Waals surface area (Å²) in [5.74, 6) is 1.08. The average molecular weight is 392 g/mol. The van der Waals surface area contributed by atoms with Gasteiger partial charge in [0.15, 0.2) is 0 Å². The van der Waals surface area contributed by atoms with Gasteiger partial charge in [-0.3, -0.25) is 4.79 Å². The van der Waals surface area contributed by atoms with Gasteiger partial charge in [0.1, 0.15) is 17.9 Å². The van der Waals surface area contributed by atoms with Crippen LogP contribution in [0.3, 0.4) is 0 Å². The highest BCUT2D eigenvalue weighted by Crippen LogP contribution is 2.26. The molecule has 0 aliphatic heterocycles. The molecule has 3 rings (SSSR count). The molecule has 0 spiro atoms. The van der Waals surface area contributed by atoms with Crippen molar-refractivity contribution in [1.29, 1.82) is 0 Å². The van der Waals surface area contributed by atoms with E-state index in [0.717, 1.165) is 53.3 Å². The van der Waals surface area contributed by atoms with Gasteiger partial charge in [-0.2, -0.15) is 16.3 Å². The maximum absolute atomic E-state index is 10.6. The third-order valence-corrected chi connectivity index (χ3v) is 5.55. The Labute approximate surface area is 161 Å². The number of unbranched alkanes of at least 4 members (excludes halogenated alkanes) is 1. The topological polar surface area (TPSA) is 107 Å². The van der Waals surface area contributed by atoms with Crippen LogP contribution in [0.4, 0.5) is 0 Å². The largest absolute Gasteiger partial charge is 0.481 e. The molecule has 0 fully saturated rings. The second kappa shape index (κ2) is 8.66. The third-order valence-electron chi connectivity index (χ3n) is 4.52. The van der Waals surface area contributed by atoms with E-state index in [2.05, 4.69) is 27.0 Å². The summed E-state index contributed by atoms with van der Waals surface area (Å²) in [4.78, 5) is 15.4. The van der Waals surface area contributed by atoms with E-state index in [4.69, 9.17) is 14.8 Å². The first-order valence-corrected chi connectivity index (χ1v) is 10.1. The maximum atomic E-state index is 10.6. The fraction of sp³-hybridized carbons (Fsp3) is 0.588. The number of carboxylic acids is 1. The lowest BCUT2D eigenvalue weighted by molar-refractivity contribution is -0.133. The van der Waals surface area contributed by atoms with Crippen LogP contribution in [-0.2, 0) is 22.7 Å². The Morgan fingerprint density at radius 2 is 2.11 bits per heavy atom. The highest BCUT2D eigenvalue weighted by atomic mass is 32.2. The summed E-state index contributed by atoms with van der Waals surface area (Å²) in [5.41, 5.74) is 4.58. The summed E-state index contributed by atoms with van der Waals surface area (Å²) in [6.45, 7) is 7.87. The lowest BCUT2D eigenvalue weighted by Gasteiger charge is -2.12. The zero-order valence-corrected chi connectivity index (χ0v) is 16.6. The number of ether oxygens (including phenoxy) is 1. The van der Waals surface area contributed by atoms with Crippen LogP contribution in [0.15, 0.2) is 0 Å². The lowest BCUT2D eigenvalue weighted by Crippen LogP contribution is -2.08. The number of aromatic nitrogens is 6. The Hall–Kier alpha value is -2.20. The highest BCUT2D eigenvalue weighted by Gasteiger charge is 2.20. The predicted octanol–water partition coefficient (Wildman–Crippen LogP) is 2.23. The molecule has 3 aromatic rings. The van der Waals surface area contributed by atoms with Crippen LogP contribution in [0.5, 0.6) is 0 Å². The molecule has 0 saturated carbocycles. The Kier molecular flexibility index (Phi) is 6.27. The zero-order valence-electron chi connectivity index (χ0n) is 15.8. The number of thioether (sulfide) groups is 1. The molecule has 27 heavy (non-hydrogen) atoms. The van der Waals surface area contributed by atoms with Gasteiger partial charge >= 0.3 is 5.97 Å². The number of aliphatic carboxylic acids is 1. The van der Waals surface area contributed by atoms with E-state index in [1.54, 1.807) is 4.52 Å². The molecule has 10 heteroatoms. The molecule has 1 N–H and O–H groups in total. The van der Waals surface area contributed by atoms with Crippen molar-refractivity contribution < 1.29 is 14.6 Å². The molecule has 0 aliphatic rings. The first kappa shape index (κ1) is 19.6. The first-order valence-electron chi connectivity index (χ1n) is 8.98. The van der Waals surface area contributed by atoms with E-state index in [0.29, 0.717) is 18.9 Å². The van der Waals surface area contributed by atoms with E-state index >= 15 is 0 Å². The summed E-state index contributed by atoms with van der Waals surface area (Å²) in [6.07, 6.45) is 1.88. The Morgan fingerprint density at radius 1 is 1.30 bits per heavy atom. The lowest BCUT2D eigenvalue weighted by atomic mass is 10.2. The number of pyridine rings is 1. The van der Waals surface area contributed by atoms with E-state index in [1.165, 1.54) is 11.8 Å². The number of hydrogen-bond acceptors (Lipinski definition) is 7. The summed E-state index contributed by atoms with van der Waals surface area (Å²) in [6, 6.07) is 0. The molecule has 0 saturated heterocycles. The quantitative estimate of drug-likeness (QED) is 0.523. The molecule has 9 nitrogen and oxygen atoms in total. The maximum Gasteiger partial charge on any atom is 0.313 e. The van der Waals surface area contributed by atoms with Crippen LogP contribution in [0.25, 0.3) is 16.7 Å². The smallest absolute Gasteiger partial charge is 0.313 e. The molecule has 0 aromatic carbocycles. The molecule has 0 aliphatic carbocycles. The van der Waals surface area contributed by atoms with Gasteiger partial charge in [0.2, 0.25) is 5.65 Å². The van der Waals surface area contributed by atoms with Crippen molar-refractivity contribution in [3.05, 3.63) is 17.1 Å². The summed E-state index contributed by atoms with van der Waals surface area (Å²) >= 11 is 1.45. The standard InChI is InChI=1S/C17H24N6O3S/c1-4-26-9-13-18-15-16(11(2)12(3)23-17(15)19-20-21-23)22(13)7-5-6-8-27-10-14(24)25/h4-10H2,1-3H3,(H,24,25). The van der Waals surface area contributed by atoms with Crippen LogP contribution in [0.2, 0.25) is 0 Å². The molecule has 3 heterocycles. The van der Waals surface area contributed by atoms with E-state index in [1.807, 2.05) is 13.8 Å². The molecule has 0 bridgehead atoms. The van der Waals surface area contributed by atoms with Crippen LogP contribution < -0.4 is 0 Å². The van der Waals surface area contributed by atoms with E-state index < -0.39 is 5.97 Å². The number of carbonyl (C=O) groups is 1. The average Bonchev–Trinajstić information content (AvgIpc) is 3.25. The number of imidazole rings is 1. The number of hydrogen-bond donors (Lipinski definition) is 1. The SMILES string of the molecule is CCOCc1nc2c(c(C)c(C)n3nnnc23)n1CCCCSCC(=O)O. The van der Waals surface area contributed by atoms with Gasteiger partial charge in [0.05, 0.1) is 11.3 Å². The molecule has 0 atom stereocenters. The fourth-order valence-corrected chi connectivity index (χ4v) is 3.83. The number of aryl methyl sites for hydroxylation is 3. The van der Waals surface area contributed by atoms with Crippen molar-refractivity contribution in [1.82, 2.24) is 29.6 Å². The van der Waals surface area contributed by atoms with Crippen molar-refractivity contribution in [3.8, 4) is 0 Å². The van der Waals surface area contributed by atoms with Gasteiger partial charge in [-0.1, -0.05) is 0 Å². The van der Waals surface area contributed by atoms with Crippen molar-refractivity contribution in [2.45, 2.75) is 46.8 Å². The minimum absolute atomic E-state index is 0.153. The van der Waals surface area contributed by atoms with Crippen LogP contribution in [0.1, 0.15) is 36.8 Å². The summed E-state index contributed by atoms with van der Waals surface area (Å²) in [5, 5.41) is 20.7. The second-order valence-corrected chi connectivity index (χ2v) is 7.40. The van der Waals surface area contributed by atoms with Crippen molar-refractivity contribution in [2.75, 3.05) is 18.1 Å². The van der Waals surface area contributed by atoms with Crippen LogP contribution >= 0.6 is 11.8 Å². The van der Waals surface area contributed by atoms with Crippen molar-refractivity contribution in [3.63, 3.8) is 0 Å². The number of fused-ring (bicyclic) bond motifs is 3. The molecular formula is C17H24N6O3S. The third kappa shape index (κ3) is 4.06. The van der Waals surface area contributed by atoms with Gasteiger partial charge in [-0.05, 0) is 55.4 Å². The van der Waals surface area contributed by atoms with Crippen LogP contribution in [0, 0.1) is 13.8 Å². The normalized spacial score (nSPS) is 11.7. The number of tetrazole rings is 1. The Balaban J connectivity index is 1.89. The Bertz CT molecular complexity index is 951. The number of carboxylic acid groups (broad SMARTS) is 1. The molecule has 0 unspecified atom stereocenters. The zero-order chi connectivity index (χ0) is 19.4. The van der Waals surface area contributed by atoms with Crippen LogP contribution in [-0.4, -0.2) is 58.8 Å². The van der Waals surface area contributed by atoms with E-state index in [9.17, 15) is 4.79 Å². The molecule has 3 aromatic heterocycles. The monoisotopic (exact) mass is 392 g/mol. The molecule has 146 valence electrons. The minimum atomic E-state index is -0.767. The highest BCUT2D eigenvalue weighted by molar-refractivity contribution is 7.99. The van der Waals surface area contributed by atoms with Gasteiger partial charge < -0.3 is 14.4 Å². The molecule has 0 radical (unpaired) electrons. The second-order valence-electron chi connectivity index (χ2n) is 6.29. The number of nitrogens with zero attached hydrogens (tertiary/aromatic N) is 6. The molecular weight excluding hydrogens is 368 g/mol. The Morgan fingerprint density at radius 3 is 2.85 bits per heavy atom. The van der Waals surface area contributed by atoms with Gasteiger partial charge in [-0.25, -0.2) is 4.98 Å². The van der Waals surface area contributed by atoms with Gasteiger partial charge in [0, 0.05) is 18.8 Å². The van der Waals surface area contributed by atoms with Gasteiger partial charge in [0.25, 0.3) is 0 Å². The number of rotatable bonds is 10. The summed E-state index contributed by atoms with van der Waals surface area (Å²) < 4.78 is 9.54. The van der Waals surface area contributed by atoms with E-state index in [-0.39, 0.29) is 5.75 Å². The summed E-state index contributed by atoms with van der Waals surface area (Å²) in [7, 11) is 0. The van der Waals surface area contributed by atoms with Crippen molar-refractivity contribution in [2.24, 2.45) is 0 Å². The fourth-order valence-electron chi connectivity index (χ4n) is 3.10. The van der Waals surface area contributed by atoms with Gasteiger partial charge in [-0.15, -0.1) is 5.10 Å². The minimum Gasteiger partial charge on any atom is -0.481 e. The van der Waals surface area contributed by atoms with Crippen molar-refractivity contribution >= 4 is 34.4 Å². The predicted molar refractivity (Wildman–Crippen MR) is 103 cm³/mol. The molecule has 0 amide bonds. The first-order chi connectivity index (χ1) is 13.0.